The molecule has 1 fully saturated rings. The second kappa shape index (κ2) is 8.36. The van der Waals surface area contributed by atoms with Crippen LogP contribution in [0.25, 0.3) is 0 Å². The number of carbonyl (C=O) groups excluding carboxylic acids is 1. The molecular formula is C15H25N3O2S. The van der Waals surface area contributed by atoms with Crippen molar-refractivity contribution in [2.45, 2.75) is 32.9 Å². The van der Waals surface area contributed by atoms with E-state index >= 15 is 0 Å². The van der Waals surface area contributed by atoms with E-state index < -0.39 is 0 Å². The molecule has 0 saturated carbocycles. The van der Waals surface area contributed by atoms with Gasteiger partial charge in [-0.2, -0.15) is 0 Å². The van der Waals surface area contributed by atoms with Crippen molar-refractivity contribution < 1.29 is 9.53 Å². The van der Waals surface area contributed by atoms with Gasteiger partial charge in [-0.1, -0.05) is 6.92 Å². The summed E-state index contributed by atoms with van der Waals surface area (Å²) < 4.78 is 5.32. The van der Waals surface area contributed by atoms with E-state index in [9.17, 15) is 4.79 Å². The molecule has 5 nitrogen and oxygen atoms in total. The Hall–Kier alpha value is -1.11. The van der Waals surface area contributed by atoms with Gasteiger partial charge in [0.2, 0.25) is 0 Å². The standard InChI is InChI=1S/C15H25N3O2S/c1-3-13-4-5-14(21-13)10-16-15(19)17-12(2)11-18-6-8-20-9-7-18/h4-5,12H,3,6-11H2,1-2H3,(H2,16,17,19)/t12-/m1/s1. The first-order chi connectivity index (χ1) is 10.2. The van der Waals surface area contributed by atoms with Gasteiger partial charge in [0.1, 0.15) is 0 Å². The van der Waals surface area contributed by atoms with Gasteiger partial charge in [-0.25, -0.2) is 4.79 Å². The lowest BCUT2D eigenvalue weighted by Gasteiger charge is -2.29. The number of morpholine rings is 1. The van der Waals surface area contributed by atoms with E-state index in [1.54, 1.807) is 11.3 Å². The predicted octanol–water partition coefficient (Wildman–Crippen LogP) is 1.83. The number of amides is 2. The van der Waals surface area contributed by atoms with Crippen LogP contribution in [0, 0.1) is 0 Å². The quantitative estimate of drug-likeness (QED) is 0.843. The predicted molar refractivity (Wildman–Crippen MR) is 85.8 cm³/mol. The van der Waals surface area contributed by atoms with E-state index in [2.05, 4.69) is 34.6 Å². The van der Waals surface area contributed by atoms with Crippen molar-refractivity contribution in [2.24, 2.45) is 0 Å². The Bertz CT molecular complexity index is 444. The summed E-state index contributed by atoms with van der Waals surface area (Å²) in [4.78, 5) is 16.8. The second-order valence-electron chi connectivity index (χ2n) is 5.36. The number of rotatable bonds is 6. The maximum absolute atomic E-state index is 11.9. The van der Waals surface area contributed by atoms with Crippen LogP contribution in [0.3, 0.4) is 0 Å². The molecule has 6 heteroatoms. The molecule has 1 aliphatic rings. The van der Waals surface area contributed by atoms with Crippen LogP contribution >= 0.6 is 11.3 Å². The van der Waals surface area contributed by atoms with Crippen LogP contribution < -0.4 is 10.6 Å². The van der Waals surface area contributed by atoms with Gasteiger partial charge in [-0.05, 0) is 25.5 Å². The molecule has 0 bridgehead atoms. The molecule has 21 heavy (non-hydrogen) atoms. The minimum absolute atomic E-state index is 0.0952. The molecule has 118 valence electrons. The van der Waals surface area contributed by atoms with Crippen molar-refractivity contribution in [1.82, 2.24) is 15.5 Å². The molecule has 1 aromatic rings. The Morgan fingerprint density at radius 2 is 2.10 bits per heavy atom. The molecule has 0 spiro atoms. The van der Waals surface area contributed by atoms with Crippen LogP contribution in [0.4, 0.5) is 4.79 Å². The summed E-state index contributed by atoms with van der Waals surface area (Å²) >= 11 is 1.76. The molecule has 1 aliphatic heterocycles. The number of hydrogen-bond donors (Lipinski definition) is 2. The average Bonchev–Trinajstić information content (AvgIpc) is 2.94. The summed E-state index contributed by atoms with van der Waals surface area (Å²) in [6, 6.07) is 4.25. The molecular weight excluding hydrogens is 286 g/mol. The van der Waals surface area contributed by atoms with Crippen LogP contribution in [0.1, 0.15) is 23.6 Å². The van der Waals surface area contributed by atoms with Gasteiger partial charge in [0, 0.05) is 35.4 Å². The normalized spacial score (nSPS) is 17.4. The topological polar surface area (TPSA) is 53.6 Å². The SMILES string of the molecule is CCc1ccc(CNC(=O)N[C@H](C)CN2CCOCC2)s1. The Labute approximate surface area is 130 Å². The first-order valence-electron chi connectivity index (χ1n) is 7.59. The molecule has 2 N–H and O–H groups in total. The Morgan fingerprint density at radius 3 is 2.76 bits per heavy atom. The zero-order chi connectivity index (χ0) is 15.1. The third-order valence-corrected chi connectivity index (χ3v) is 4.73. The second-order valence-corrected chi connectivity index (χ2v) is 6.62. The van der Waals surface area contributed by atoms with Gasteiger partial charge in [-0.15, -0.1) is 11.3 Å². The van der Waals surface area contributed by atoms with E-state index in [1.807, 2.05) is 6.92 Å². The maximum Gasteiger partial charge on any atom is 0.315 e. The summed E-state index contributed by atoms with van der Waals surface area (Å²) in [5.41, 5.74) is 0. The zero-order valence-corrected chi connectivity index (χ0v) is 13.7. The number of urea groups is 1. The number of carbonyl (C=O) groups is 1. The molecule has 0 aromatic carbocycles. The van der Waals surface area contributed by atoms with Crippen LogP contribution in [-0.4, -0.2) is 49.8 Å². The van der Waals surface area contributed by atoms with Gasteiger partial charge < -0.3 is 15.4 Å². The number of hydrogen-bond acceptors (Lipinski definition) is 4. The van der Waals surface area contributed by atoms with Gasteiger partial charge in [0.15, 0.2) is 0 Å². The van der Waals surface area contributed by atoms with Gasteiger partial charge in [0.25, 0.3) is 0 Å². The van der Waals surface area contributed by atoms with Gasteiger partial charge in [0.05, 0.1) is 19.8 Å². The zero-order valence-electron chi connectivity index (χ0n) is 12.9. The highest BCUT2D eigenvalue weighted by atomic mass is 32.1. The third kappa shape index (κ3) is 5.65. The first kappa shape index (κ1) is 16.3. The Kier molecular flexibility index (Phi) is 6.48. The molecule has 0 unspecified atom stereocenters. The van der Waals surface area contributed by atoms with E-state index in [0.29, 0.717) is 6.54 Å². The summed E-state index contributed by atoms with van der Waals surface area (Å²) in [5, 5.41) is 5.91. The highest BCUT2D eigenvalue weighted by molar-refractivity contribution is 7.11. The summed E-state index contributed by atoms with van der Waals surface area (Å²) in [5.74, 6) is 0. The minimum atomic E-state index is -0.0952. The van der Waals surface area contributed by atoms with Crippen molar-refractivity contribution >= 4 is 17.4 Å². The number of nitrogens with zero attached hydrogens (tertiary/aromatic N) is 1. The van der Waals surface area contributed by atoms with Crippen LogP contribution in [0.5, 0.6) is 0 Å². The first-order valence-corrected chi connectivity index (χ1v) is 8.41. The maximum atomic E-state index is 11.9. The summed E-state index contributed by atoms with van der Waals surface area (Å²) in [7, 11) is 0. The lowest BCUT2D eigenvalue weighted by Crippen LogP contribution is -2.48. The van der Waals surface area contributed by atoms with E-state index in [-0.39, 0.29) is 12.1 Å². The number of nitrogens with one attached hydrogen (secondary N) is 2. The number of ether oxygens (including phenoxy) is 1. The molecule has 0 aliphatic carbocycles. The molecule has 1 atom stereocenters. The third-order valence-electron chi connectivity index (χ3n) is 3.50. The fraction of sp³-hybridized carbons (Fsp3) is 0.667. The van der Waals surface area contributed by atoms with E-state index in [0.717, 1.165) is 39.3 Å². The van der Waals surface area contributed by atoms with Crippen LogP contribution in [-0.2, 0) is 17.7 Å². The highest BCUT2D eigenvalue weighted by Gasteiger charge is 2.15. The van der Waals surface area contributed by atoms with Crippen molar-refractivity contribution in [2.75, 3.05) is 32.8 Å². The average molecular weight is 311 g/mol. The molecule has 1 saturated heterocycles. The number of thiophene rings is 1. The largest absolute Gasteiger partial charge is 0.379 e. The molecule has 0 radical (unpaired) electrons. The summed E-state index contributed by atoms with van der Waals surface area (Å²) in [6.45, 7) is 9.12. The van der Waals surface area contributed by atoms with Gasteiger partial charge in [-0.3, -0.25) is 4.90 Å². The fourth-order valence-electron chi connectivity index (χ4n) is 2.37. The van der Waals surface area contributed by atoms with Crippen LogP contribution in [0.2, 0.25) is 0 Å². The molecule has 2 rings (SSSR count). The summed E-state index contributed by atoms with van der Waals surface area (Å²) in [6.07, 6.45) is 1.05. The van der Waals surface area contributed by atoms with E-state index in [1.165, 1.54) is 9.75 Å². The monoisotopic (exact) mass is 311 g/mol. The van der Waals surface area contributed by atoms with Crippen molar-refractivity contribution in [3.05, 3.63) is 21.9 Å². The van der Waals surface area contributed by atoms with Crippen LogP contribution in [0.15, 0.2) is 12.1 Å². The Morgan fingerprint density at radius 1 is 1.38 bits per heavy atom. The van der Waals surface area contributed by atoms with Gasteiger partial charge >= 0.3 is 6.03 Å². The molecule has 2 heterocycles. The minimum Gasteiger partial charge on any atom is -0.379 e. The fourth-order valence-corrected chi connectivity index (χ4v) is 3.26. The highest BCUT2D eigenvalue weighted by Crippen LogP contribution is 2.16. The number of aryl methyl sites for hydroxylation is 1. The molecule has 2 amide bonds. The smallest absolute Gasteiger partial charge is 0.315 e. The lowest BCUT2D eigenvalue weighted by atomic mass is 10.3. The van der Waals surface area contributed by atoms with Crippen molar-refractivity contribution in [3.8, 4) is 0 Å². The molecule has 1 aromatic heterocycles. The lowest BCUT2D eigenvalue weighted by molar-refractivity contribution is 0.0349. The van der Waals surface area contributed by atoms with Crippen molar-refractivity contribution in [3.63, 3.8) is 0 Å². The van der Waals surface area contributed by atoms with Crippen molar-refractivity contribution in [1.29, 1.82) is 0 Å². The Balaban J connectivity index is 1.66. The van der Waals surface area contributed by atoms with E-state index in [4.69, 9.17) is 4.74 Å².